The molecule has 0 atom stereocenters. The molecule has 1 aromatic rings. The fourth-order valence-corrected chi connectivity index (χ4v) is 5.06. The highest BCUT2D eigenvalue weighted by atomic mass is 32.2. The Kier molecular flexibility index (Phi) is 5.10. The molecule has 0 saturated carbocycles. The van der Waals surface area contributed by atoms with Crippen molar-refractivity contribution in [2.75, 3.05) is 33.3 Å². The predicted octanol–water partition coefficient (Wildman–Crippen LogP) is 2.11. The van der Waals surface area contributed by atoms with Crippen LogP contribution in [0.25, 0.3) is 0 Å². The zero-order chi connectivity index (χ0) is 17.2. The van der Waals surface area contributed by atoms with Crippen molar-refractivity contribution in [2.24, 2.45) is 0 Å². The normalized spacial score (nSPS) is 19.5. The number of nitrogens with zero attached hydrogens (tertiary/aromatic N) is 2. The SMILES string of the molecule is COc1ccc(C(=O)N2CCCCC2)cc1S(=O)(=O)N1CCCC1. The Balaban J connectivity index is 1.94. The lowest BCUT2D eigenvalue weighted by molar-refractivity contribution is 0.0724. The van der Waals surface area contributed by atoms with Gasteiger partial charge in [0.15, 0.2) is 0 Å². The summed E-state index contributed by atoms with van der Waals surface area (Å²) in [5.41, 5.74) is 0.412. The predicted molar refractivity (Wildman–Crippen MR) is 90.7 cm³/mol. The van der Waals surface area contributed by atoms with Crippen LogP contribution in [-0.4, -0.2) is 56.8 Å². The van der Waals surface area contributed by atoms with Crippen molar-refractivity contribution in [1.82, 2.24) is 9.21 Å². The first-order valence-electron chi connectivity index (χ1n) is 8.51. The van der Waals surface area contributed by atoms with Crippen LogP contribution in [0.5, 0.6) is 5.75 Å². The summed E-state index contributed by atoms with van der Waals surface area (Å²) < 4.78 is 32.5. The van der Waals surface area contributed by atoms with Crippen molar-refractivity contribution in [3.05, 3.63) is 23.8 Å². The Morgan fingerprint density at radius 2 is 1.62 bits per heavy atom. The van der Waals surface area contributed by atoms with Crippen LogP contribution in [-0.2, 0) is 10.0 Å². The van der Waals surface area contributed by atoms with Gasteiger partial charge in [-0.25, -0.2) is 8.42 Å². The third kappa shape index (κ3) is 3.28. The molecule has 0 N–H and O–H groups in total. The number of hydrogen-bond donors (Lipinski definition) is 0. The summed E-state index contributed by atoms with van der Waals surface area (Å²) in [6.45, 7) is 2.52. The summed E-state index contributed by atoms with van der Waals surface area (Å²) in [5.74, 6) is 0.187. The maximum absolute atomic E-state index is 12.9. The van der Waals surface area contributed by atoms with Crippen molar-refractivity contribution in [2.45, 2.75) is 37.0 Å². The fourth-order valence-electron chi connectivity index (χ4n) is 3.36. The number of carbonyl (C=O) groups is 1. The molecule has 0 spiro atoms. The van der Waals surface area contributed by atoms with Crippen molar-refractivity contribution < 1.29 is 17.9 Å². The van der Waals surface area contributed by atoms with Gasteiger partial charge in [0.2, 0.25) is 10.0 Å². The zero-order valence-corrected chi connectivity index (χ0v) is 14.8. The van der Waals surface area contributed by atoms with Crippen LogP contribution < -0.4 is 4.74 Å². The lowest BCUT2D eigenvalue weighted by atomic mass is 10.1. The van der Waals surface area contributed by atoms with Crippen LogP contribution in [0.1, 0.15) is 42.5 Å². The minimum absolute atomic E-state index is 0.0924. The number of piperidine rings is 1. The molecule has 0 bridgehead atoms. The van der Waals surface area contributed by atoms with E-state index in [9.17, 15) is 13.2 Å². The molecule has 0 radical (unpaired) electrons. The number of sulfonamides is 1. The second kappa shape index (κ2) is 7.11. The smallest absolute Gasteiger partial charge is 0.253 e. The number of amides is 1. The summed E-state index contributed by atoms with van der Waals surface area (Å²) in [4.78, 5) is 14.6. The largest absolute Gasteiger partial charge is 0.495 e. The summed E-state index contributed by atoms with van der Waals surface area (Å²) in [7, 11) is -2.18. The van der Waals surface area contributed by atoms with E-state index >= 15 is 0 Å². The maximum Gasteiger partial charge on any atom is 0.253 e. The Hall–Kier alpha value is -1.60. The molecule has 1 amide bonds. The minimum Gasteiger partial charge on any atom is -0.495 e. The lowest BCUT2D eigenvalue weighted by Gasteiger charge is -2.27. The van der Waals surface area contributed by atoms with Crippen molar-refractivity contribution in [1.29, 1.82) is 0 Å². The summed E-state index contributed by atoms with van der Waals surface area (Å²) in [5, 5.41) is 0. The minimum atomic E-state index is -3.63. The van der Waals surface area contributed by atoms with Gasteiger partial charge in [-0.1, -0.05) is 0 Å². The molecule has 6 nitrogen and oxygen atoms in total. The standard InChI is InChI=1S/C17H24N2O4S/c1-23-15-8-7-14(17(20)18-9-3-2-4-10-18)13-16(15)24(21,22)19-11-5-6-12-19/h7-8,13H,2-6,9-12H2,1H3. The molecule has 1 aromatic carbocycles. The number of ether oxygens (including phenoxy) is 1. The summed E-state index contributed by atoms with van der Waals surface area (Å²) >= 11 is 0. The van der Waals surface area contributed by atoms with Crippen LogP contribution in [0, 0.1) is 0 Å². The van der Waals surface area contributed by atoms with E-state index in [1.165, 1.54) is 17.5 Å². The second-order valence-electron chi connectivity index (χ2n) is 6.33. The van der Waals surface area contributed by atoms with E-state index in [1.807, 2.05) is 0 Å². The highest BCUT2D eigenvalue weighted by molar-refractivity contribution is 7.89. The lowest BCUT2D eigenvalue weighted by Crippen LogP contribution is -2.35. The van der Waals surface area contributed by atoms with Crippen LogP contribution in [0.4, 0.5) is 0 Å². The van der Waals surface area contributed by atoms with E-state index in [1.54, 1.807) is 17.0 Å². The van der Waals surface area contributed by atoms with Crippen LogP contribution in [0.3, 0.4) is 0 Å². The van der Waals surface area contributed by atoms with Crippen LogP contribution in [0.2, 0.25) is 0 Å². The molecule has 2 aliphatic heterocycles. The van der Waals surface area contributed by atoms with Crippen LogP contribution >= 0.6 is 0 Å². The van der Waals surface area contributed by atoms with Gasteiger partial charge in [-0.2, -0.15) is 4.31 Å². The number of carbonyl (C=O) groups excluding carboxylic acids is 1. The Morgan fingerprint density at radius 1 is 1.00 bits per heavy atom. The molecule has 2 saturated heterocycles. The number of rotatable bonds is 4. The first kappa shape index (κ1) is 17.2. The first-order chi connectivity index (χ1) is 11.5. The molecule has 3 rings (SSSR count). The van der Waals surface area contributed by atoms with E-state index in [0.29, 0.717) is 18.7 Å². The molecule has 24 heavy (non-hydrogen) atoms. The van der Waals surface area contributed by atoms with E-state index in [4.69, 9.17) is 4.74 Å². The fraction of sp³-hybridized carbons (Fsp3) is 0.588. The molecular formula is C17H24N2O4S. The molecule has 2 fully saturated rings. The van der Waals surface area contributed by atoms with E-state index < -0.39 is 10.0 Å². The molecule has 2 heterocycles. The van der Waals surface area contributed by atoms with Gasteiger partial charge in [0.05, 0.1) is 7.11 Å². The van der Waals surface area contributed by atoms with Gasteiger partial charge < -0.3 is 9.64 Å². The van der Waals surface area contributed by atoms with Gasteiger partial charge in [0, 0.05) is 31.7 Å². The van der Waals surface area contributed by atoms with Gasteiger partial charge in [-0.15, -0.1) is 0 Å². The van der Waals surface area contributed by atoms with Crippen LogP contribution in [0.15, 0.2) is 23.1 Å². The number of likely N-dealkylation sites (tertiary alicyclic amines) is 1. The quantitative estimate of drug-likeness (QED) is 0.832. The summed E-state index contributed by atoms with van der Waals surface area (Å²) in [6.07, 6.45) is 4.88. The van der Waals surface area contributed by atoms with Crippen molar-refractivity contribution in [3.8, 4) is 5.75 Å². The third-order valence-electron chi connectivity index (χ3n) is 4.74. The average molecular weight is 352 g/mol. The van der Waals surface area contributed by atoms with Gasteiger partial charge in [0.25, 0.3) is 5.91 Å². The van der Waals surface area contributed by atoms with Crippen molar-refractivity contribution >= 4 is 15.9 Å². The summed E-state index contributed by atoms with van der Waals surface area (Å²) in [6, 6.07) is 4.71. The maximum atomic E-state index is 12.9. The first-order valence-corrected chi connectivity index (χ1v) is 9.95. The number of methoxy groups -OCH3 is 1. The molecule has 0 aliphatic carbocycles. The number of hydrogen-bond acceptors (Lipinski definition) is 4. The highest BCUT2D eigenvalue weighted by Gasteiger charge is 2.31. The number of benzene rings is 1. The molecular weight excluding hydrogens is 328 g/mol. The second-order valence-corrected chi connectivity index (χ2v) is 8.24. The van der Waals surface area contributed by atoms with Gasteiger partial charge in [0.1, 0.15) is 10.6 Å². The topological polar surface area (TPSA) is 66.9 Å². The van der Waals surface area contributed by atoms with Crippen molar-refractivity contribution in [3.63, 3.8) is 0 Å². The van der Waals surface area contributed by atoms with E-state index in [0.717, 1.165) is 45.2 Å². The molecule has 0 unspecified atom stereocenters. The molecule has 2 aliphatic rings. The van der Waals surface area contributed by atoms with Gasteiger partial charge in [-0.3, -0.25) is 4.79 Å². The monoisotopic (exact) mass is 352 g/mol. The molecule has 0 aromatic heterocycles. The third-order valence-corrected chi connectivity index (χ3v) is 6.66. The molecule has 132 valence electrons. The average Bonchev–Trinajstić information content (AvgIpc) is 3.17. The van der Waals surface area contributed by atoms with E-state index in [2.05, 4.69) is 0 Å². The Bertz CT molecular complexity index is 705. The van der Waals surface area contributed by atoms with Gasteiger partial charge >= 0.3 is 0 Å². The Morgan fingerprint density at radius 3 is 2.25 bits per heavy atom. The molecule has 7 heteroatoms. The van der Waals surface area contributed by atoms with Gasteiger partial charge in [-0.05, 0) is 50.3 Å². The Labute approximate surface area is 143 Å². The zero-order valence-electron chi connectivity index (χ0n) is 14.0. The van der Waals surface area contributed by atoms with E-state index in [-0.39, 0.29) is 16.6 Å². The highest BCUT2D eigenvalue weighted by Crippen LogP contribution is 2.30.